The van der Waals surface area contributed by atoms with Crippen LogP contribution in [0.3, 0.4) is 0 Å². The maximum atomic E-state index is 12.3. The van der Waals surface area contributed by atoms with Gasteiger partial charge in [-0.2, -0.15) is 0 Å². The van der Waals surface area contributed by atoms with Crippen molar-refractivity contribution in [1.82, 2.24) is 5.32 Å². The number of amidine groups is 1. The molecule has 0 spiro atoms. The van der Waals surface area contributed by atoms with Crippen molar-refractivity contribution in [3.05, 3.63) is 64.4 Å². The van der Waals surface area contributed by atoms with Gasteiger partial charge in [0, 0.05) is 30.1 Å². The number of nitrogens with two attached hydrogens (primary N) is 1. The first-order valence-corrected chi connectivity index (χ1v) is 11.0. The summed E-state index contributed by atoms with van der Waals surface area (Å²) >= 11 is 3.12. The Morgan fingerprint density at radius 3 is 2.29 bits per heavy atom. The average Bonchev–Trinajstić information content (AvgIpc) is 3.46. The molecule has 2 unspecified atom stereocenters. The van der Waals surface area contributed by atoms with E-state index >= 15 is 0 Å². The molecule has 0 aliphatic carbocycles. The molecule has 3 rings (SSSR count). The van der Waals surface area contributed by atoms with E-state index in [1.807, 2.05) is 41.8 Å². The van der Waals surface area contributed by atoms with Crippen LogP contribution in [0.5, 0.6) is 0 Å². The van der Waals surface area contributed by atoms with Gasteiger partial charge in [0.25, 0.3) is 0 Å². The number of rotatable bonds is 7. The van der Waals surface area contributed by atoms with E-state index in [1.54, 1.807) is 11.8 Å². The summed E-state index contributed by atoms with van der Waals surface area (Å²) in [6.07, 6.45) is 1.12. The number of anilines is 1. The summed E-state index contributed by atoms with van der Waals surface area (Å²) in [6, 6.07) is 10.6. The monoisotopic (exact) mass is 462 g/mol. The topological polar surface area (TPSA) is 166 Å². The predicted octanol–water partition coefficient (Wildman–Crippen LogP) is 2.13. The number of nitrogens with one attached hydrogen (secondary N) is 3. The lowest BCUT2D eigenvalue weighted by Crippen LogP contribution is -2.36. The summed E-state index contributed by atoms with van der Waals surface area (Å²) in [5, 5.41) is 31.6. The van der Waals surface area contributed by atoms with E-state index in [1.165, 1.54) is 11.3 Å². The van der Waals surface area contributed by atoms with Gasteiger partial charge in [0.2, 0.25) is 0 Å². The molecule has 7 N–H and O–H groups in total. The molecule has 1 aliphatic rings. The SMILES string of the molecule is N=C(Nc1ccc(C(N)C(=O)C2NCCS2)cc1)c1cccs1.O=C(O)/C=C/C(=O)O. The molecule has 1 aliphatic heterocycles. The van der Waals surface area contributed by atoms with Crippen molar-refractivity contribution < 1.29 is 24.6 Å². The van der Waals surface area contributed by atoms with Gasteiger partial charge in [0.05, 0.1) is 10.9 Å². The van der Waals surface area contributed by atoms with E-state index in [0.717, 1.165) is 28.4 Å². The van der Waals surface area contributed by atoms with E-state index in [9.17, 15) is 14.4 Å². The van der Waals surface area contributed by atoms with Crippen molar-refractivity contribution >= 4 is 52.3 Å². The highest BCUT2D eigenvalue weighted by Crippen LogP contribution is 2.23. The van der Waals surface area contributed by atoms with Crippen LogP contribution in [0.2, 0.25) is 0 Å². The Balaban J connectivity index is 0.000000366. The van der Waals surface area contributed by atoms with Crippen molar-refractivity contribution in [2.75, 3.05) is 17.6 Å². The smallest absolute Gasteiger partial charge is 0.328 e. The zero-order valence-corrected chi connectivity index (χ0v) is 17.9. The summed E-state index contributed by atoms with van der Waals surface area (Å²) in [6.45, 7) is 0.849. The molecular weight excluding hydrogens is 440 g/mol. The fourth-order valence-corrected chi connectivity index (χ4v) is 4.13. The second-order valence-electron chi connectivity index (χ2n) is 6.19. The molecule has 11 heteroatoms. The molecule has 2 heterocycles. The van der Waals surface area contributed by atoms with E-state index in [4.69, 9.17) is 21.4 Å². The molecule has 0 radical (unpaired) electrons. The first-order chi connectivity index (χ1) is 14.8. The number of aliphatic carboxylic acids is 2. The van der Waals surface area contributed by atoms with Gasteiger partial charge >= 0.3 is 11.9 Å². The van der Waals surface area contributed by atoms with Crippen LogP contribution in [0.15, 0.2) is 53.9 Å². The minimum Gasteiger partial charge on any atom is -0.478 e. The molecule has 1 aromatic heterocycles. The Labute approximate surface area is 186 Å². The second kappa shape index (κ2) is 12.0. The molecule has 164 valence electrons. The molecule has 9 nitrogen and oxygen atoms in total. The Morgan fingerprint density at radius 2 is 1.81 bits per heavy atom. The van der Waals surface area contributed by atoms with Crippen LogP contribution < -0.4 is 16.4 Å². The molecule has 0 amide bonds. The minimum atomic E-state index is -1.26. The Bertz CT molecular complexity index is 923. The fourth-order valence-electron chi connectivity index (χ4n) is 2.48. The van der Waals surface area contributed by atoms with Crippen molar-refractivity contribution in [2.24, 2.45) is 5.73 Å². The second-order valence-corrected chi connectivity index (χ2v) is 8.35. The van der Waals surface area contributed by atoms with Crippen molar-refractivity contribution in [1.29, 1.82) is 5.41 Å². The maximum absolute atomic E-state index is 12.3. The van der Waals surface area contributed by atoms with Gasteiger partial charge in [-0.1, -0.05) is 18.2 Å². The van der Waals surface area contributed by atoms with Gasteiger partial charge in [0.15, 0.2) is 5.78 Å². The standard InChI is InChI=1S/C16H18N4OS2.C4H4O4/c17-13(14(21)16-19-7-9-23-16)10-3-5-11(6-4-10)20-15(18)12-2-1-8-22-12;5-3(6)1-2-4(7)8/h1-6,8,13,16,19H,7,9,17H2,(H2,18,20);1-2H,(H,5,6)(H,7,8)/b;2-1+. The number of carboxylic acids is 2. The van der Waals surface area contributed by atoms with Crippen molar-refractivity contribution in [2.45, 2.75) is 11.4 Å². The van der Waals surface area contributed by atoms with Gasteiger partial charge < -0.3 is 21.3 Å². The van der Waals surface area contributed by atoms with Gasteiger partial charge in [0.1, 0.15) is 11.2 Å². The molecule has 0 saturated carbocycles. The van der Waals surface area contributed by atoms with Crippen molar-refractivity contribution in [3.63, 3.8) is 0 Å². The number of carbonyl (C=O) groups excluding carboxylic acids is 1. The number of carbonyl (C=O) groups is 3. The molecule has 0 bridgehead atoms. The van der Waals surface area contributed by atoms with E-state index in [-0.39, 0.29) is 11.2 Å². The zero-order valence-electron chi connectivity index (χ0n) is 16.3. The largest absolute Gasteiger partial charge is 0.478 e. The van der Waals surface area contributed by atoms with Crippen LogP contribution in [-0.4, -0.2) is 51.4 Å². The maximum Gasteiger partial charge on any atom is 0.328 e. The minimum absolute atomic E-state index is 0.0135. The van der Waals surface area contributed by atoms with Crippen molar-refractivity contribution in [3.8, 4) is 0 Å². The lowest BCUT2D eigenvalue weighted by Gasteiger charge is -2.16. The summed E-state index contributed by atoms with van der Waals surface area (Å²) < 4.78 is 0. The highest BCUT2D eigenvalue weighted by molar-refractivity contribution is 8.00. The quantitative estimate of drug-likeness (QED) is 0.205. The van der Waals surface area contributed by atoms with Crippen LogP contribution >= 0.6 is 23.1 Å². The lowest BCUT2D eigenvalue weighted by atomic mass is 10.0. The Kier molecular flexibility index (Phi) is 9.40. The number of hydrogen-bond acceptors (Lipinski definition) is 8. The molecule has 1 fully saturated rings. The fraction of sp³-hybridized carbons (Fsp3) is 0.200. The highest BCUT2D eigenvalue weighted by Gasteiger charge is 2.28. The Morgan fingerprint density at radius 1 is 1.16 bits per heavy atom. The third-order valence-corrected chi connectivity index (χ3v) is 6.02. The third kappa shape index (κ3) is 7.98. The number of benzene rings is 1. The third-order valence-electron chi connectivity index (χ3n) is 3.96. The van der Waals surface area contributed by atoms with Crippen LogP contribution in [-0.2, 0) is 14.4 Å². The van der Waals surface area contributed by atoms with Crippen LogP contribution in [0.1, 0.15) is 16.5 Å². The zero-order chi connectivity index (χ0) is 22.8. The molecule has 1 saturated heterocycles. The van der Waals surface area contributed by atoms with Crippen LogP contribution in [0.4, 0.5) is 5.69 Å². The number of ketones is 1. The van der Waals surface area contributed by atoms with E-state index in [2.05, 4.69) is 10.6 Å². The van der Waals surface area contributed by atoms with E-state index < -0.39 is 18.0 Å². The van der Waals surface area contributed by atoms with Crippen LogP contribution in [0.25, 0.3) is 0 Å². The highest BCUT2D eigenvalue weighted by atomic mass is 32.2. The molecule has 31 heavy (non-hydrogen) atoms. The molecule has 2 aromatic rings. The van der Waals surface area contributed by atoms with E-state index in [0.29, 0.717) is 18.0 Å². The Hall–Kier alpha value is -2.99. The molecule has 2 atom stereocenters. The number of thiophene rings is 1. The summed E-state index contributed by atoms with van der Waals surface area (Å²) in [7, 11) is 0. The first-order valence-electron chi connectivity index (χ1n) is 9.05. The molecule has 1 aromatic carbocycles. The van der Waals surface area contributed by atoms with Gasteiger partial charge in [-0.05, 0) is 29.1 Å². The number of hydrogen-bond donors (Lipinski definition) is 6. The van der Waals surface area contributed by atoms with Gasteiger partial charge in [-0.3, -0.25) is 15.5 Å². The van der Waals surface area contributed by atoms with Crippen LogP contribution in [0, 0.1) is 5.41 Å². The number of Topliss-reactive ketones (excluding diaryl/α,β-unsaturated/α-hetero) is 1. The first kappa shape index (κ1) is 24.3. The lowest BCUT2D eigenvalue weighted by molar-refractivity contribution is -0.134. The van der Waals surface area contributed by atoms with Gasteiger partial charge in [-0.15, -0.1) is 23.1 Å². The average molecular weight is 463 g/mol. The summed E-state index contributed by atoms with van der Waals surface area (Å²) in [5.41, 5.74) is 7.68. The van der Waals surface area contributed by atoms with Gasteiger partial charge in [-0.25, -0.2) is 9.59 Å². The predicted molar refractivity (Wildman–Crippen MR) is 122 cm³/mol. The normalized spacial score (nSPS) is 16.2. The summed E-state index contributed by atoms with van der Waals surface area (Å²) in [4.78, 5) is 32.3. The number of carboxylic acid groups (broad SMARTS) is 2. The molecular formula is C20H22N4O5S2. The summed E-state index contributed by atoms with van der Waals surface area (Å²) in [5.74, 6) is -1.20. The number of thioether (sulfide) groups is 1.